The molecule has 4 heteroatoms. The third-order valence-corrected chi connectivity index (χ3v) is 8.14. The van der Waals surface area contributed by atoms with E-state index in [1.165, 1.54) is 10.8 Å². The fourth-order valence-corrected chi connectivity index (χ4v) is 6.37. The molecule has 0 saturated carbocycles. The minimum atomic E-state index is 0.555. The minimum Gasteiger partial charge on any atom is -0.309 e. The average Bonchev–Trinajstić information content (AvgIpc) is 3.57. The van der Waals surface area contributed by atoms with Gasteiger partial charge in [-0.15, -0.1) is 0 Å². The number of hydrogen-bond donors (Lipinski definition) is 0. The predicted molar refractivity (Wildman–Crippen MR) is 170 cm³/mol. The Bertz CT molecular complexity index is 2340. The predicted octanol–water partition coefficient (Wildman–Crippen LogP) is 9.29. The number of benzene rings is 6. The molecule has 0 aliphatic rings. The lowest BCUT2D eigenvalue weighted by atomic mass is 9.98. The minimum absolute atomic E-state index is 0.555. The van der Waals surface area contributed by atoms with Crippen LogP contribution in [-0.2, 0) is 0 Å². The molecule has 8 rings (SSSR count). The van der Waals surface area contributed by atoms with Crippen LogP contribution in [0, 0.1) is 22.7 Å². The smallest absolute Gasteiger partial charge is 0.0992 e. The molecule has 0 N–H and O–H groups in total. The first kappa shape index (κ1) is 23.8. The van der Waals surface area contributed by atoms with Crippen molar-refractivity contribution in [3.63, 3.8) is 0 Å². The van der Waals surface area contributed by atoms with Gasteiger partial charge in [0.05, 0.1) is 51.0 Å². The molecule has 4 nitrogen and oxygen atoms in total. The van der Waals surface area contributed by atoms with E-state index in [2.05, 4.69) is 112 Å². The van der Waals surface area contributed by atoms with Crippen molar-refractivity contribution in [3.05, 3.63) is 145 Å². The summed E-state index contributed by atoms with van der Waals surface area (Å²) in [6.45, 7) is 0. The molecule has 0 amide bonds. The van der Waals surface area contributed by atoms with E-state index in [4.69, 9.17) is 0 Å². The largest absolute Gasteiger partial charge is 0.309 e. The SMILES string of the molecule is N#Cc1cc(-c2cc(C#N)ccc2-n2c3ccccc3c3ccccc32)cc(-n2c3ccccc3c3ccccc32)c1. The van der Waals surface area contributed by atoms with Crippen LogP contribution in [0.5, 0.6) is 0 Å². The Hall–Kier alpha value is -6.10. The number of rotatable bonds is 3. The standard InChI is InChI=1S/C38H22N4/c39-23-25-17-18-38(42-36-15-7-3-11-31(36)32-12-4-8-16-37(32)42)33(21-25)27-19-26(24-40)20-28(22-27)41-34-13-5-1-9-29(34)30-10-2-6-14-35(30)41/h1-22H. The van der Waals surface area contributed by atoms with E-state index in [-0.39, 0.29) is 0 Å². The van der Waals surface area contributed by atoms with E-state index in [0.717, 1.165) is 55.3 Å². The molecule has 0 atom stereocenters. The zero-order valence-electron chi connectivity index (χ0n) is 22.5. The topological polar surface area (TPSA) is 57.4 Å². The van der Waals surface area contributed by atoms with Crippen LogP contribution in [0.2, 0.25) is 0 Å². The van der Waals surface area contributed by atoms with Crippen molar-refractivity contribution in [2.75, 3.05) is 0 Å². The Morgan fingerprint density at radius 2 is 0.905 bits per heavy atom. The van der Waals surface area contributed by atoms with Crippen LogP contribution in [0.25, 0.3) is 66.1 Å². The molecule has 0 spiro atoms. The summed E-state index contributed by atoms with van der Waals surface area (Å²) in [5.74, 6) is 0. The average molecular weight is 535 g/mol. The van der Waals surface area contributed by atoms with Crippen molar-refractivity contribution in [2.45, 2.75) is 0 Å². The summed E-state index contributed by atoms with van der Waals surface area (Å²) < 4.78 is 4.49. The Balaban J connectivity index is 1.46. The van der Waals surface area contributed by atoms with E-state index in [1.807, 2.05) is 42.5 Å². The lowest BCUT2D eigenvalue weighted by Crippen LogP contribution is -2.00. The maximum absolute atomic E-state index is 10.2. The summed E-state index contributed by atoms with van der Waals surface area (Å²) in [6, 6.07) is 50.0. The second-order valence-corrected chi connectivity index (χ2v) is 10.5. The van der Waals surface area contributed by atoms with Crippen LogP contribution in [-0.4, -0.2) is 9.13 Å². The Morgan fingerprint density at radius 3 is 1.40 bits per heavy atom. The van der Waals surface area contributed by atoms with E-state index < -0.39 is 0 Å². The highest BCUT2D eigenvalue weighted by Gasteiger charge is 2.18. The van der Waals surface area contributed by atoms with Gasteiger partial charge < -0.3 is 9.13 Å². The monoisotopic (exact) mass is 534 g/mol. The summed E-state index contributed by atoms with van der Waals surface area (Å²) in [4.78, 5) is 0. The van der Waals surface area contributed by atoms with Gasteiger partial charge in [-0.3, -0.25) is 0 Å². The second kappa shape index (κ2) is 9.24. The van der Waals surface area contributed by atoms with Gasteiger partial charge in [0.25, 0.3) is 0 Å². The van der Waals surface area contributed by atoms with Gasteiger partial charge in [-0.1, -0.05) is 72.8 Å². The van der Waals surface area contributed by atoms with Crippen molar-refractivity contribution >= 4 is 43.6 Å². The number of fused-ring (bicyclic) bond motifs is 6. The van der Waals surface area contributed by atoms with Crippen molar-refractivity contribution in [3.8, 4) is 34.6 Å². The van der Waals surface area contributed by atoms with Gasteiger partial charge in [0, 0.05) is 32.8 Å². The molecule has 0 bridgehead atoms. The number of nitrogens with zero attached hydrogens (tertiary/aromatic N) is 4. The fraction of sp³-hybridized carbons (Fsp3) is 0. The van der Waals surface area contributed by atoms with Gasteiger partial charge in [-0.05, 0) is 66.2 Å². The molecule has 0 saturated heterocycles. The first-order chi connectivity index (χ1) is 20.7. The molecular formula is C38H22N4. The Morgan fingerprint density at radius 1 is 0.429 bits per heavy atom. The summed E-state index contributed by atoms with van der Waals surface area (Å²) in [6.07, 6.45) is 0. The van der Waals surface area contributed by atoms with Crippen LogP contribution >= 0.6 is 0 Å². The quantitative estimate of drug-likeness (QED) is 0.227. The molecular weight excluding hydrogens is 512 g/mol. The Kier molecular flexibility index (Phi) is 5.22. The van der Waals surface area contributed by atoms with Gasteiger partial charge in [-0.25, -0.2) is 0 Å². The molecule has 2 aromatic heterocycles. The van der Waals surface area contributed by atoms with Gasteiger partial charge >= 0.3 is 0 Å². The first-order valence-corrected chi connectivity index (χ1v) is 13.8. The van der Waals surface area contributed by atoms with Crippen molar-refractivity contribution < 1.29 is 0 Å². The van der Waals surface area contributed by atoms with Crippen LogP contribution in [0.15, 0.2) is 133 Å². The van der Waals surface area contributed by atoms with Crippen molar-refractivity contribution in [2.24, 2.45) is 0 Å². The highest BCUT2D eigenvalue weighted by molar-refractivity contribution is 6.10. The Labute approximate surface area is 242 Å². The number of para-hydroxylation sites is 4. The van der Waals surface area contributed by atoms with Crippen LogP contribution < -0.4 is 0 Å². The van der Waals surface area contributed by atoms with Crippen molar-refractivity contribution in [1.82, 2.24) is 9.13 Å². The third kappa shape index (κ3) is 3.47. The molecule has 6 aromatic carbocycles. The molecule has 2 heterocycles. The molecule has 0 aliphatic carbocycles. The van der Waals surface area contributed by atoms with Gasteiger partial charge in [0.15, 0.2) is 0 Å². The molecule has 0 radical (unpaired) electrons. The van der Waals surface area contributed by atoms with E-state index >= 15 is 0 Å². The lowest BCUT2D eigenvalue weighted by molar-refractivity contribution is 1.17. The zero-order chi connectivity index (χ0) is 28.2. The van der Waals surface area contributed by atoms with Gasteiger partial charge in [0.2, 0.25) is 0 Å². The molecule has 194 valence electrons. The van der Waals surface area contributed by atoms with Crippen LogP contribution in [0.3, 0.4) is 0 Å². The number of hydrogen-bond acceptors (Lipinski definition) is 2. The highest BCUT2D eigenvalue weighted by Crippen LogP contribution is 2.39. The van der Waals surface area contributed by atoms with Gasteiger partial charge in [0.1, 0.15) is 0 Å². The molecule has 0 unspecified atom stereocenters. The molecule has 8 aromatic rings. The van der Waals surface area contributed by atoms with Crippen LogP contribution in [0.4, 0.5) is 0 Å². The van der Waals surface area contributed by atoms with E-state index in [0.29, 0.717) is 11.1 Å². The summed E-state index contributed by atoms with van der Waals surface area (Å²) in [5.41, 5.74) is 9.06. The molecule has 42 heavy (non-hydrogen) atoms. The maximum Gasteiger partial charge on any atom is 0.0992 e. The second-order valence-electron chi connectivity index (χ2n) is 10.5. The zero-order valence-corrected chi connectivity index (χ0v) is 22.5. The van der Waals surface area contributed by atoms with Crippen molar-refractivity contribution in [1.29, 1.82) is 10.5 Å². The summed E-state index contributed by atoms with van der Waals surface area (Å²) in [7, 11) is 0. The van der Waals surface area contributed by atoms with E-state index in [9.17, 15) is 10.5 Å². The maximum atomic E-state index is 10.2. The third-order valence-electron chi connectivity index (χ3n) is 8.14. The highest BCUT2D eigenvalue weighted by atomic mass is 15.0. The van der Waals surface area contributed by atoms with Gasteiger partial charge in [-0.2, -0.15) is 10.5 Å². The lowest BCUT2D eigenvalue weighted by Gasteiger charge is -2.16. The van der Waals surface area contributed by atoms with Crippen LogP contribution in [0.1, 0.15) is 11.1 Å². The first-order valence-electron chi connectivity index (χ1n) is 13.8. The number of nitriles is 2. The summed E-state index contributed by atoms with van der Waals surface area (Å²) in [5, 5.41) is 24.7. The number of aromatic nitrogens is 2. The van der Waals surface area contributed by atoms with E-state index in [1.54, 1.807) is 0 Å². The molecule has 0 aliphatic heterocycles. The molecule has 0 fully saturated rings. The fourth-order valence-electron chi connectivity index (χ4n) is 6.37. The normalized spacial score (nSPS) is 11.3. The summed E-state index contributed by atoms with van der Waals surface area (Å²) >= 11 is 0.